The molecule has 4 nitrogen and oxygen atoms in total. The summed E-state index contributed by atoms with van der Waals surface area (Å²) in [4.78, 5) is 5.50. The van der Waals surface area contributed by atoms with Crippen LogP contribution in [0.2, 0.25) is 0 Å². The van der Waals surface area contributed by atoms with Crippen LogP contribution in [0.1, 0.15) is 5.56 Å². The summed E-state index contributed by atoms with van der Waals surface area (Å²) in [7, 11) is 3.84. The first-order valence-corrected chi connectivity index (χ1v) is 5.85. The molecule has 0 aliphatic carbocycles. The minimum atomic E-state index is 0.852. The molecule has 0 saturated heterocycles. The Hall–Kier alpha value is -1.33. The molecule has 0 aromatic carbocycles. The van der Waals surface area contributed by atoms with Gasteiger partial charge in [0.1, 0.15) is 5.03 Å². The third-order valence-electron chi connectivity index (χ3n) is 2.08. The number of hydrogen-bond acceptors (Lipinski definition) is 4. The zero-order valence-electron chi connectivity index (χ0n) is 9.34. The van der Waals surface area contributed by atoms with E-state index in [1.165, 1.54) is 5.56 Å². The molecule has 84 valence electrons. The summed E-state index contributed by atoms with van der Waals surface area (Å²) < 4.78 is 1.79. The van der Waals surface area contributed by atoms with Gasteiger partial charge in [0.05, 0.1) is 11.1 Å². The molecule has 2 aromatic rings. The van der Waals surface area contributed by atoms with Gasteiger partial charge in [-0.15, -0.1) is 0 Å². The van der Waals surface area contributed by atoms with Crippen LogP contribution >= 0.6 is 11.8 Å². The van der Waals surface area contributed by atoms with E-state index in [1.54, 1.807) is 16.4 Å². The highest BCUT2D eigenvalue weighted by atomic mass is 32.2. The topological polar surface area (TPSA) is 42.7 Å². The van der Waals surface area contributed by atoms with Gasteiger partial charge in [-0.1, -0.05) is 17.8 Å². The highest BCUT2D eigenvalue weighted by Gasteiger charge is 2.01. The minimum Gasteiger partial charge on any atom is -0.316 e. The maximum Gasteiger partial charge on any atom is 0.101 e. The van der Waals surface area contributed by atoms with Gasteiger partial charge in [-0.3, -0.25) is 4.68 Å². The molecule has 0 bridgehead atoms. The lowest BCUT2D eigenvalue weighted by Gasteiger charge is -2.01. The highest BCUT2D eigenvalue weighted by Crippen LogP contribution is 2.24. The van der Waals surface area contributed by atoms with Crippen molar-refractivity contribution in [2.45, 2.75) is 16.5 Å². The Labute approximate surface area is 99.1 Å². The number of aromatic nitrogens is 3. The van der Waals surface area contributed by atoms with Crippen molar-refractivity contribution in [2.75, 3.05) is 7.05 Å². The fourth-order valence-electron chi connectivity index (χ4n) is 1.35. The van der Waals surface area contributed by atoms with Gasteiger partial charge in [0.25, 0.3) is 0 Å². The van der Waals surface area contributed by atoms with Crippen molar-refractivity contribution in [1.29, 1.82) is 0 Å². The minimum absolute atomic E-state index is 0.852. The molecular formula is C11H14N4S. The molecule has 5 heteroatoms. The average Bonchev–Trinajstić information content (AvgIpc) is 2.67. The van der Waals surface area contributed by atoms with Gasteiger partial charge in [-0.2, -0.15) is 5.10 Å². The number of nitrogens with zero attached hydrogens (tertiary/aromatic N) is 3. The molecule has 0 aliphatic rings. The first-order valence-electron chi connectivity index (χ1n) is 5.04. The Morgan fingerprint density at radius 1 is 1.38 bits per heavy atom. The molecule has 0 spiro atoms. The van der Waals surface area contributed by atoms with E-state index in [-0.39, 0.29) is 0 Å². The highest BCUT2D eigenvalue weighted by molar-refractivity contribution is 7.99. The van der Waals surface area contributed by atoms with Crippen molar-refractivity contribution in [2.24, 2.45) is 7.05 Å². The largest absolute Gasteiger partial charge is 0.316 e. The Bertz CT molecular complexity index is 449. The molecule has 2 heterocycles. The maximum atomic E-state index is 4.39. The monoisotopic (exact) mass is 234 g/mol. The molecule has 1 N–H and O–H groups in total. The normalized spacial score (nSPS) is 10.6. The molecular weight excluding hydrogens is 220 g/mol. The first-order chi connectivity index (χ1) is 7.78. The Kier molecular flexibility index (Phi) is 3.58. The second-order valence-electron chi connectivity index (χ2n) is 3.49. The third kappa shape index (κ3) is 2.84. The summed E-state index contributed by atoms with van der Waals surface area (Å²) in [5.41, 5.74) is 1.19. The van der Waals surface area contributed by atoms with Gasteiger partial charge < -0.3 is 5.32 Å². The summed E-state index contributed by atoms with van der Waals surface area (Å²) in [5, 5.41) is 8.21. The summed E-state index contributed by atoms with van der Waals surface area (Å²) in [6, 6.07) is 4.12. The number of nitrogens with one attached hydrogen (secondary N) is 1. The lowest BCUT2D eigenvalue weighted by Crippen LogP contribution is -2.04. The smallest absolute Gasteiger partial charge is 0.101 e. The summed E-state index contributed by atoms with van der Waals surface area (Å²) in [6.45, 7) is 0.852. The van der Waals surface area contributed by atoms with E-state index in [4.69, 9.17) is 0 Å². The van der Waals surface area contributed by atoms with Gasteiger partial charge in [0.15, 0.2) is 0 Å². The predicted molar refractivity (Wildman–Crippen MR) is 64.3 cm³/mol. The fraction of sp³-hybridized carbons (Fsp3) is 0.273. The van der Waals surface area contributed by atoms with Crippen LogP contribution in [0.25, 0.3) is 0 Å². The lowest BCUT2D eigenvalue weighted by molar-refractivity contribution is 0.766. The van der Waals surface area contributed by atoms with Crippen molar-refractivity contribution in [3.63, 3.8) is 0 Å². The Morgan fingerprint density at radius 2 is 2.25 bits per heavy atom. The second kappa shape index (κ2) is 5.14. The summed E-state index contributed by atoms with van der Waals surface area (Å²) in [6.07, 6.45) is 5.72. The molecule has 0 amide bonds. The van der Waals surface area contributed by atoms with Gasteiger partial charge in [-0.25, -0.2) is 4.98 Å². The van der Waals surface area contributed by atoms with Gasteiger partial charge in [0.2, 0.25) is 0 Å². The van der Waals surface area contributed by atoms with E-state index in [1.807, 2.05) is 38.8 Å². The van der Waals surface area contributed by atoms with Crippen LogP contribution in [0.4, 0.5) is 0 Å². The van der Waals surface area contributed by atoms with Crippen LogP contribution in [-0.2, 0) is 13.6 Å². The third-order valence-corrected chi connectivity index (χ3v) is 2.98. The van der Waals surface area contributed by atoms with E-state index in [0.717, 1.165) is 16.5 Å². The van der Waals surface area contributed by atoms with Crippen LogP contribution in [0.3, 0.4) is 0 Å². The molecule has 2 rings (SSSR count). The Morgan fingerprint density at radius 3 is 2.81 bits per heavy atom. The molecule has 0 atom stereocenters. The van der Waals surface area contributed by atoms with E-state index >= 15 is 0 Å². The van der Waals surface area contributed by atoms with Crippen LogP contribution in [-0.4, -0.2) is 21.8 Å². The molecule has 16 heavy (non-hydrogen) atoms. The maximum absolute atomic E-state index is 4.39. The first kappa shape index (κ1) is 11.2. The van der Waals surface area contributed by atoms with Crippen LogP contribution in [0.5, 0.6) is 0 Å². The van der Waals surface area contributed by atoms with Crippen molar-refractivity contribution >= 4 is 11.8 Å². The molecule has 0 saturated carbocycles. The fourth-order valence-corrected chi connectivity index (χ4v) is 2.14. The van der Waals surface area contributed by atoms with Crippen molar-refractivity contribution in [1.82, 2.24) is 20.1 Å². The number of rotatable bonds is 4. The van der Waals surface area contributed by atoms with Crippen LogP contribution in [0.15, 0.2) is 40.6 Å². The standard InChI is InChI=1S/C11H14N4S/c1-12-5-9-3-4-11(13-6-9)16-10-7-14-15(2)8-10/h3-4,6-8,12H,5H2,1-2H3. The molecule has 0 fully saturated rings. The number of aryl methyl sites for hydroxylation is 1. The van der Waals surface area contributed by atoms with Crippen molar-refractivity contribution in [3.05, 3.63) is 36.3 Å². The zero-order chi connectivity index (χ0) is 11.4. The van der Waals surface area contributed by atoms with Gasteiger partial charge in [-0.05, 0) is 18.7 Å². The van der Waals surface area contributed by atoms with E-state index < -0.39 is 0 Å². The lowest BCUT2D eigenvalue weighted by atomic mass is 10.3. The number of pyridine rings is 1. The summed E-state index contributed by atoms with van der Waals surface area (Å²) in [5.74, 6) is 0. The van der Waals surface area contributed by atoms with E-state index in [2.05, 4.69) is 21.5 Å². The molecule has 0 aliphatic heterocycles. The SMILES string of the molecule is CNCc1ccc(Sc2cnn(C)c2)nc1. The quantitative estimate of drug-likeness (QED) is 0.874. The molecule has 0 unspecified atom stereocenters. The molecule has 2 aromatic heterocycles. The van der Waals surface area contributed by atoms with Crippen LogP contribution < -0.4 is 5.32 Å². The predicted octanol–water partition coefficient (Wildman–Crippen LogP) is 1.69. The van der Waals surface area contributed by atoms with Gasteiger partial charge in [0, 0.05) is 26.0 Å². The van der Waals surface area contributed by atoms with E-state index in [0.29, 0.717) is 0 Å². The summed E-state index contributed by atoms with van der Waals surface area (Å²) >= 11 is 1.62. The van der Waals surface area contributed by atoms with Gasteiger partial charge >= 0.3 is 0 Å². The van der Waals surface area contributed by atoms with Crippen molar-refractivity contribution in [3.8, 4) is 0 Å². The number of hydrogen-bond donors (Lipinski definition) is 1. The molecule has 0 radical (unpaired) electrons. The van der Waals surface area contributed by atoms with Crippen molar-refractivity contribution < 1.29 is 0 Å². The zero-order valence-corrected chi connectivity index (χ0v) is 10.2. The van der Waals surface area contributed by atoms with E-state index in [9.17, 15) is 0 Å². The second-order valence-corrected chi connectivity index (χ2v) is 4.58. The Balaban J connectivity index is 2.05. The average molecular weight is 234 g/mol. The van der Waals surface area contributed by atoms with Crippen LogP contribution in [0, 0.1) is 0 Å².